The predicted molar refractivity (Wildman–Crippen MR) is 126 cm³/mol. The summed E-state index contributed by atoms with van der Waals surface area (Å²) in [5.74, 6) is -0.00351. The first kappa shape index (κ1) is 20.2. The standard InChI is InChI=1S/C25H21N3O3S/c1-15-8-3-4-9-16(15)17-10-7-11-18-22(17)32-24(27-18)23(29)26-19-14-31-21-13-6-5-12-20(21)28(2)25(19)30/h3-13,19H,14H2,1-2H3,(H,26,29)/t19-/m0/s1. The highest BCUT2D eigenvalue weighted by molar-refractivity contribution is 7.20. The minimum Gasteiger partial charge on any atom is -0.489 e. The van der Waals surface area contributed by atoms with Crippen molar-refractivity contribution < 1.29 is 14.3 Å². The van der Waals surface area contributed by atoms with Crippen LogP contribution in [-0.2, 0) is 4.79 Å². The number of hydrogen-bond donors (Lipinski definition) is 1. The lowest BCUT2D eigenvalue weighted by atomic mass is 10.0. The molecular formula is C25H21N3O3S. The second kappa shape index (κ2) is 8.09. The Morgan fingerprint density at radius 2 is 1.81 bits per heavy atom. The molecule has 1 atom stereocenters. The molecule has 0 bridgehead atoms. The molecule has 1 aliphatic rings. The fraction of sp³-hybridized carbons (Fsp3) is 0.160. The molecule has 160 valence electrons. The van der Waals surface area contributed by atoms with Crippen LogP contribution in [0.5, 0.6) is 5.75 Å². The van der Waals surface area contributed by atoms with E-state index in [2.05, 4.69) is 29.4 Å². The van der Waals surface area contributed by atoms with Crippen LogP contribution in [0.15, 0.2) is 66.7 Å². The van der Waals surface area contributed by atoms with Gasteiger partial charge in [-0.1, -0.05) is 48.5 Å². The number of thiazole rings is 1. The van der Waals surface area contributed by atoms with Gasteiger partial charge in [-0.3, -0.25) is 9.59 Å². The van der Waals surface area contributed by atoms with Crippen LogP contribution >= 0.6 is 11.3 Å². The molecule has 0 fully saturated rings. The van der Waals surface area contributed by atoms with E-state index in [0.29, 0.717) is 16.4 Å². The fourth-order valence-corrected chi connectivity index (χ4v) is 4.91. The number of ether oxygens (including phenoxy) is 1. The summed E-state index contributed by atoms with van der Waals surface area (Å²) in [4.78, 5) is 32.0. The Balaban J connectivity index is 1.43. The number of aromatic nitrogens is 1. The Morgan fingerprint density at radius 1 is 1.06 bits per heavy atom. The van der Waals surface area contributed by atoms with Crippen molar-refractivity contribution in [2.24, 2.45) is 0 Å². The molecule has 0 saturated carbocycles. The largest absolute Gasteiger partial charge is 0.489 e. The maximum atomic E-state index is 13.0. The molecule has 7 heteroatoms. The maximum Gasteiger partial charge on any atom is 0.281 e. The Bertz CT molecular complexity index is 1350. The van der Waals surface area contributed by atoms with E-state index in [4.69, 9.17) is 4.74 Å². The number of rotatable bonds is 3. The van der Waals surface area contributed by atoms with E-state index in [1.807, 2.05) is 54.6 Å². The van der Waals surface area contributed by atoms with Crippen molar-refractivity contribution in [3.63, 3.8) is 0 Å². The van der Waals surface area contributed by atoms with Crippen molar-refractivity contribution in [1.82, 2.24) is 10.3 Å². The molecule has 0 unspecified atom stereocenters. The summed E-state index contributed by atoms with van der Waals surface area (Å²) >= 11 is 1.33. The molecule has 1 N–H and O–H groups in total. The predicted octanol–water partition coefficient (Wildman–Crippen LogP) is 4.43. The van der Waals surface area contributed by atoms with E-state index >= 15 is 0 Å². The molecule has 4 aromatic rings. The average molecular weight is 444 g/mol. The van der Waals surface area contributed by atoms with Crippen LogP contribution in [0.3, 0.4) is 0 Å². The number of fused-ring (bicyclic) bond motifs is 2. The molecule has 1 aromatic heterocycles. The van der Waals surface area contributed by atoms with Crippen LogP contribution in [0.1, 0.15) is 15.4 Å². The minimum absolute atomic E-state index is 0.0608. The summed E-state index contributed by atoms with van der Waals surface area (Å²) in [6, 6.07) is 20.5. The van der Waals surface area contributed by atoms with Gasteiger partial charge in [0.1, 0.15) is 18.4 Å². The summed E-state index contributed by atoms with van der Waals surface area (Å²) < 4.78 is 6.74. The number of anilines is 1. The van der Waals surface area contributed by atoms with Gasteiger partial charge in [-0.15, -0.1) is 11.3 Å². The topological polar surface area (TPSA) is 71.5 Å². The molecule has 2 amide bonds. The number of aryl methyl sites for hydroxylation is 1. The van der Waals surface area contributed by atoms with Gasteiger partial charge in [0.2, 0.25) is 0 Å². The SMILES string of the molecule is Cc1ccccc1-c1cccc2nc(C(=O)N[C@H]3COc4ccccc4N(C)C3=O)sc12. The van der Waals surface area contributed by atoms with Crippen molar-refractivity contribution in [1.29, 1.82) is 0 Å². The number of hydrogen-bond acceptors (Lipinski definition) is 5. The van der Waals surface area contributed by atoms with Gasteiger partial charge in [-0.05, 0) is 36.2 Å². The molecular weight excluding hydrogens is 422 g/mol. The van der Waals surface area contributed by atoms with Gasteiger partial charge in [-0.2, -0.15) is 0 Å². The van der Waals surface area contributed by atoms with Crippen LogP contribution in [0.25, 0.3) is 21.3 Å². The molecule has 0 spiro atoms. The number of carbonyl (C=O) groups is 2. The lowest BCUT2D eigenvalue weighted by Crippen LogP contribution is -2.49. The molecule has 5 rings (SSSR count). The fourth-order valence-electron chi connectivity index (χ4n) is 3.91. The van der Waals surface area contributed by atoms with Gasteiger partial charge in [0.15, 0.2) is 5.01 Å². The van der Waals surface area contributed by atoms with E-state index < -0.39 is 6.04 Å². The number of nitrogens with one attached hydrogen (secondary N) is 1. The lowest BCUT2D eigenvalue weighted by Gasteiger charge is -2.19. The third-order valence-electron chi connectivity index (χ3n) is 5.61. The van der Waals surface area contributed by atoms with Crippen LogP contribution < -0.4 is 15.0 Å². The monoisotopic (exact) mass is 443 g/mol. The maximum absolute atomic E-state index is 13.0. The highest BCUT2D eigenvalue weighted by Crippen LogP contribution is 2.35. The van der Waals surface area contributed by atoms with Crippen molar-refractivity contribution in [3.05, 3.63) is 77.3 Å². The lowest BCUT2D eigenvalue weighted by molar-refractivity contribution is -0.120. The van der Waals surface area contributed by atoms with Crippen LogP contribution in [-0.4, -0.2) is 36.5 Å². The number of likely N-dealkylation sites (N-methyl/N-ethyl adjacent to an activating group) is 1. The van der Waals surface area contributed by atoms with Crippen molar-refractivity contribution in [3.8, 4) is 16.9 Å². The first-order chi connectivity index (χ1) is 15.5. The summed E-state index contributed by atoms with van der Waals surface area (Å²) in [5, 5.41) is 3.13. The van der Waals surface area contributed by atoms with Gasteiger partial charge < -0.3 is 15.0 Å². The molecule has 0 saturated heterocycles. The van der Waals surface area contributed by atoms with Crippen molar-refractivity contribution in [2.75, 3.05) is 18.6 Å². The van der Waals surface area contributed by atoms with Gasteiger partial charge in [-0.25, -0.2) is 4.98 Å². The number of carbonyl (C=O) groups excluding carboxylic acids is 2. The van der Waals surface area contributed by atoms with Crippen molar-refractivity contribution >= 4 is 39.1 Å². The summed E-state index contributed by atoms with van der Waals surface area (Å²) in [7, 11) is 1.68. The van der Waals surface area contributed by atoms with Gasteiger partial charge in [0.25, 0.3) is 11.8 Å². The second-order valence-corrected chi connectivity index (χ2v) is 8.69. The zero-order chi connectivity index (χ0) is 22.2. The number of para-hydroxylation sites is 2. The summed E-state index contributed by atoms with van der Waals surface area (Å²) in [6.45, 7) is 2.13. The zero-order valence-electron chi connectivity index (χ0n) is 17.7. The Labute approximate surface area is 189 Å². The Kier molecular flexibility index (Phi) is 5.11. The number of amides is 2. The summed E-state index contributed by atoms with van der Waals surface area (Å²) in [5.41, 5.74) is 4.75. The molecule has 0 radical (unpaired) electrons. The molecule has 2 heterocycles. The second-order valence-electron chi connectivity index (χ2n) is 7.69. The van der Waals surface area contributed by atoms with E-state index in [-0.39, 0.29) is 18.4 Å². The van der Waals surface area contributed by atoms with Gasteiger partial charge >= 0.3 is 0 Å². The van der Waals surface area contributed by atoms with Crippen LogP contribution in [0.4, 0.5) is 5.69 Å². The van der Waals surface area contributed by atoms with E-state index in [0.717, 1.165) is 26.9 Å². The molecule has 3 aromatic carbocycles. The zero-order valence-corrected chi connectivity index (χ0v) is 18.5. The third kappa shape index (κ3) is 3.50. The highest BCUT2D eigenvalue weighted by atomic mass is 32.1. The first-order valence-electron chi connectivity index (χ1n) is 10.3. The first-order valence-corrected chi connectivity index (χ1v) is 11.1. The van der Waals surface area contributed by atoms with E-state index in [1.165, 1.54) is 16.2 Å². The van der Waals surface area contributed by atoms with Crippen LogP contribution in [0.2, 0.25) is 0 Å². The van der Waals surface area contributed by atoms with Crippen LogP contribution in [0, 0.1) is 6.92 Å². The Morgan fingerprint density at radius 3 is 2.66 bits per heavy atom. The number of benzene rings is 3. The highest BCUT2D eigenvalue weighted by Gasteiger charge is 2.31. The minimum atomic E-state index is -0.803. The number of nitrogens with zero attached hydrogens (tertiary/aromatic N) is 2. The molecule has 32 heavy (non-hydrogen) atoms. The van der Waals surface area contributed by atoms with Gasteiger partial charge in [0.05, 0.1) is 15.9 Å². The van der Waals surface area contributed by atoms with E-state index in [9.17, 15) is 9.59 Å². The molecule has 1 aliphatic heterocycles. The molecule has 0 aliphatic carbocycles. The van der Waals surface area contributed by atoms with Crippen molar-refractivity contribution in [2.45, 2.75) is 13.0 Å². The third-order valence-corrected chi connectivity index (χ3v) is 6.71. The summed E-state index contributed by atoms with van der Waals surface area (Å²) in [6.07, 6.45) is 0. The average Bonchev–Trinajstić information content (AvgIpc) is 3.22. The van der Waals surface area contributed by atoms with Gasteiger partial charge in [0, 0.05) is 12.6 Å². The Hall–Kier alpha value is -3.71. The van der Waals surface area contributed by atoms with E-state index in [1.54, 1.807) is 7.05 Å². The normalized spacial score (nSPS) is 15.8. The quantitative estimate of drug-likeness (QED) is 0.509. The molecule has 6 nitrogen and oxygen atoms in total. The smallest absolute Gasteiger partial charge is 0.281 e.